The van der Waals surface area contributed by atoms with Crippen molar-refractivity contribution in [1.82, 2.24) is 5.32 Å². The number of alkyl halides is 3. The molecule has 0 saturated heterocycles. The molecule has 0 amide bonds. The summed E-state index contributed by atoms with van der Waals surface area (Å²) in [5.41, 5.74) is 0. The van der Waals surface area contributed by atoms with Crippen LogP contribution in [0.4, 0.5) is 13.2 Å². The number of halogens is 3. The van der Waals surface area contributed by atoms with Gasteiger partial charge in [0.1, 0.15) is 0 Å². The molecule has 4 heteroatoms. The molecule has 0 rings (SSSR count). The molecule has 0 unspecified atom stereocenters. The van der Waals surface area contributed by atoms with Crippen molar-refractivity contribution in [3.63, 3.8) is 0 Å². The van der Waals surface area contributed by atoms with E-state index >= 15 is 0 Å². The van der Waals surface area contributed by atoms with Crippen molar-refractivity contribution in [2.45, 2.75) is 96.7 Å². The third-order valence-corrected chi connectivity index (χ3v) is 3.63. The number of rotatable bonds is 13. The Labute approximate surface area is 122 Å². The van der Waals surface area contributed by atoms with E-state index in [1.165, 1.54) is 38.5 Å². The highest BCUT2D eigenvalue weighted by Crippen LogP contribution is 2.22. The molecule has 0 saturated carbocycles. The van der Waals surface area contributed by atoms with Crippen molar-refractivity contribution in [2.75, 3.05) is 6.54 Å². The Balaban J connectivity index is 3.72. The molecule has 0 heterocycles. The molecular formula is C16H32F3N. The van der Waals surface area contributed by atoms with Crippen LogP contribution in [0.2, 0.25) is 0 Å². The van der Waals surface area contributed by atoms with Crippen molar-refractivity contribution < 1.29 is 13.2 Å². The van der Waals surface area contributed by atoms with Gasteiger partial charge in [0.05, 0.1) is 0 Å². The Bertz CT molecular complexity index is 194. The zero-order valence-corrected chi connectivity index (χ0v) is 13.2. The van der Waals surface area contributed by atoms with Crippen LogP contribution in [0.25, 0.3) is 0 Å². The zero-order valence-electron chi connectivity index (χ0n) is 13.2. The third kappa shape index (κ3) is 14.2. The largest absolute Gasteiger partial charge is 0.389 e. The predicted molar refractivity (Wildman–Crippen MR) is 80.0 cm³/mol. The Kier molecular flexibility index (Phi) is 12.3. The molecule has 0 aromatic rings. The number of hydrogen-bond acceptors (Lipinski definition) is 1. The van der Waals surface area contributed by atoms with Crippen LogP contribution in [-0.2, 0) is 0 Å². The van der Waals surface area contributed by atoms with Crippen molar-refractivity contribution in [1.29, 1.82) is 0 Å². The van der Waals surface area contributed by atoms with E-state index in [0.29, 0.717) is 12.5 Å². The smallest absolute Gasteiger partial charge is 0.314 e. The summed E-state index contributed by atoms with van der Waals surface area (Å²) in [6.07, 6.45) is 5.93. The van der Waals surface area contributed by atoms with E-state index in [2.05, 4.69) is 19.2 Å². The third-order valence-electron chi connectivity index (χ3n) is 3.63. The van der Waals surface area contributed by atoms with Crippen LogP contribution in [0.15, 0.2) is 0 Å². The minimum atomic E-state index is -4.00. The van der Waals surface area contributed by atoms with Gasteiger partial charge in [-0.05, 0) is 32.2 Å². The van der Waals surface area contributed by atoms with E-state index in [4.69, 9.17) is 0 Å². The minimum Gasteiger partial charge on any atom is -0.314 e. The molecule has 1 N–H and O–H groups in total. The molecule has 0 aliphatic heterocycles. The van der Waals surface area contributed by atoms with E-state index in [9.17, 15) is 13.2 Å². The lowest BCUT2D eigenvalue weighted by molar-refractivity contribution is -0.135. The number of unbranched alkanes of at least 4 members (excludes halogenated alkanes) is 5. The first-order valence-electron chi connectivity index (χ1n) is 8.29. The fraction of sp³-hybridized carbons (Fsp3) is 1.00. The Morgan fingerprint density at radius 2 is 1.35 bits per heavy atom. The van der Waals surface area contributed by atoms with Crippen molar-refractivity contribution in [3.8, 4) is 0 Å². The molecular weight excluding hydrogens is 263 g/mol. The summed E-state index contributed by atoms with van der Waals surface area (Å²) in [5, 5.41) is 3.46. The van der Waals surface area contributed by atoms with Gasteiger partial charge in [0.2, 0.25) is 0 Å². The Morgan fingerprint density at radius 3 is 1.80 bits per heavy atom. The average molecular weight is 295 g/mol. The molecule has 0 aromatic carbocycles. The second-order valence-electron chi connectivity index (χ2n) is 5.71. The second-order valence-corrected chi connectivity index (χ2v) is 5.71. The lowest BCUT2D eigenvalue weighted by Crippen LogP contribution is -2.30. The molecule has 0 bridgehead atoms. The molecule has 0 aliphatic rings. The molecule has 0 fully saturated rings. The van der Waals surface area contributed by atoms with Crippen LogP contribution >= 0.6 is 0 Å². The number of hydrogen-bond donors (Lipinski definition) is 1. The van der Waals surface area contributed by atoms with Gasteiger partial charge in [-0.3, -0.25) is 0 Å². The Hall–Kier alpha value is -0.250. The first kappa shape index (κ1) is 19.8. The van der Waals surface area contributed by atoms with Crippen LogP contribution in [-0.4, -0.2) is 18.8 Å². The van der Waals surface area contributed by atoms with Crippen molar-refractivity contribution in [2.24, 2.45) is 0 Å². The van der Waals surface area contributed by atoms with Gasteiger partial charge in [-0.2, -0.15) is 13.2 Å². The van der Waals surface area contributed by atoms with Crippen molar-refractivity contribution in [3.05, 3.63) is 0 Å². The van der Waals surface area contributed by atoms with E-state index in [-0.39, 0.29) is 6.42 Å². The van der Waals surface area contributed by atoms with Gasteiger partial charge in [0.25, 0.3) is 0 Å². The molecule has 0 spiro atoms. The second kappa shape index (κ2) is 12.5. The van der Waals surface area contributed by atoms with Crippen LogP contribution in [0, 0.1) is 0 Å². The first-order valence-corrected chi connectivity index (χ1v) is 8.29. The maximum atomic E-state index is 12.0. The van der Waals surface area contributed by atoms with E-state index < -0.39 is 12.6 Å². The summed E-state index contributed by atoms with van der Waals surface area (Å²) < 4.78 is 36.1. The van der Waals surface area contributed by atoms with Gasteiger partial charge in [-0.1, -0.05) is 52.4 Å². The Morgan fingerprint density at radius 1 is 0.800 bits per heavy atom. The lowest BCUT2D eigenvalue weighted by atomic mass is 10.0. The normalized spacial score (nSPS) is 12.3. The van der Waals surface area contributed by atoms with Gasteiger partial charge in [-0.25, -0.2) is 0 Å². The standard InChI is InChI=1S/C16H32F3N/c1-3-5-7-11-15(12-8-6-4-2)20-14-10-9-13-16(17,18)19/h15,20H,3-14H2,1-2H3. The van der Waals surface area contributed by atoms with Crippen LogP contribution < -0.4 is 5.32 Å². The molecule has 1 nitrogen and oxygen atoms in total. The summed E-state index contributed by atoms with van der Waals surface area (Å²) in [4.78, 5) is 0. The highest BCUT2D eigenvalue weighted by Gasteiger charge is 2.25. The summed E-state index contributed by atoms with van der Waals surface area (Å²) in [5.74, 6) is 0. The molecule has 0 atom stereocenters. The van der Waals surface area contributed by atoms with Gasteiger partial charge in [0, 0.05) is 12.5 Å². The molecule has 0 aliphatic carbocycles. The molecule has 0 radical (unpaired) electrons. The fourth-order valence-electron chi connectivity index (χ4n) is 2.39. The molecule has 20 heavy (non-hydrogen) atoms. The quantitative estimate of drug-likeness (QED) is 0.421. The molecule has 0 aromatic heterocycles. The highest BCUT2D eigenvalue weighted by atomic mass is 19.4. The predicted octanol–water partition coefficient (Wildman–Crippen LogP) is 5.84. The van der Waals surface area contributed by atoms with Gasteiger partial charge in [-0.15, -0.1) is 0 Å². The van der Waals surface area contributed by atoms with E-state index in [1.807, 2.05) is 0 Å². The van der Waals surface area contributed by atoms with Crippen LogP contribution in [0.3, 0.4) is 0 Å². The van der Waals surface area contributed by atoms with Crippen molar-refractivity contribution >= 4 is 0 Å². The zero-order chi connectivity index (χ0) is 15.3. The SMILES string of the molecule is CCCCCC(CCCCC)NCCCCC(F)(F)F. The lowest BCUT2D eigenvalue weighted by Gasteiger charge is -2.19. The monoisotopic (exact) mass is 295 g/mol. The fourth-order valence-corrected chi connectivity index (χ4v) is 2.39. The number of nitrogens with one attached hydrogen (secondary N) is 1. The van der Waals surface area contributed by atoms with Crippen LogP contribution in [0.1, 0.15) is 84.5 Å². The maximum Gasteiger partial charge on any atom is 0.389 e. The average Bonchev–Trinajstić information content (AvgIpc) is 2.37. The van der Waals surface area contributed by atoms with Crippen LogP contribution in [0.5, 0.6) is 0 Å². The van der Waals surface area contributed by atoms with E-state index in [0.717, 1.165) is 19.4 Å². The maximum absolute atomic E-state index is 12.0. The summed E-state index contributed by atoms with van der Waals surface area (Å²) >= 11 is 0. The summed E-state index contributed by atoms with van der Waals surface area (Å²) in [6, 6.07) is 0.499. The van der Waals surface area contributed by atoms with Gasteiger partial charge in [0.15, 0.2) is 0 Å². The minimum absolute atomic E-state index is 0.243. The summed E-state index contributed by atoms with van der Waals surface area (Å²) in [6.45, 7) is 5.10. The first-order chi connectivity index (χ1) is 9.49. The molecule has 122 valence electrons. The van der Waals surface area contributed by atoms with Gasteiger partial charge < -0.3 is 5.32 Å². The van der Waals surface area contributed by atoms with E-state index in [1.54, 1.807) is 0 Å². The summed E-state index contributed by atoms with van der Waals surface area (Å²) in [7, 11) is 0. The topological polar surface area (TPSA) is 12.0 Å². The van der Waals surface area contributed by atoms with Gasteiger partial charge >= 0.3 is 6.18 Å². The highest BCUT2D eigenvalue weighted by molar-refractivity contribution is 4.67.